The first-order chi connectivity index (χ1) is 14.8. The highest BCUT2D eigenvalue weighted by molar-refractivity contribution is 6.17. The van der Waals surface area contributed by atoms with Crippen LogP contribution >= 0.6 is 11.6 Å². The SMILES string of the molecule is CCCCCCCC/C=C\CCCCCCCC(=O)OC=Cc1ccc(CCl)cc1. The molecule has 0 amide bonds. The molecule has 3 heteroatoms. The van der Waals surface area contributed by atoms with Crippen molar-refractivity contribution in [3.8, 4) is 0 Å². The van der Waals surface area contributed by atoms with Gasteiger partial charge in [-0.05, 0) is 49.3 Å². The molecule has 0 saturated heterocycles. The topological polar surface area (TPSA) is 26.3 Å². The van der Waals surface area contributed by atoms with Crippen LogP contribution in [0.1, 0.15) is 108 Å². The average molecular weight is 433 g/mol. The number of rotatable bonds is 18. The van der Waals surface area contributed by atoms with E-state index in [1.54, 1.807) is 6.08 Å². The van der Waals surface area contributed by atoms with Gasteiger partial charge in [0.15, 0.2) is 0 Å². The third-order valence-electron chi connectivity index (χ3n) is 5.24. The molecule has 0 bridgehead atoms. The van der Waals surface area contributed by atoms with Crippen LogP contribution in [-0.2, 0) is 15.4 Å². The van der Waals surface area contributed by atoms with Crippen molar-refractivity contribution in [2.24, 2.45) is 0 Å². The molecule has 0 fully saturated rings. The molecule has 0 aliphatic carbocycles. The van der Waals surface area contributed by atoms with Crippen LogP contribution in [0, 0.1) is 0 Å². The van der Waals surface area contributed by atoms with Crippen molar-refractivity contribution in [3.05, 3.63) is 53.8 Å². The van der Waals surface area contributed by atoms with E-state index >= 15 is 0 Å². The molecule has 1 rings (SSSR count). The number of esters is 1. The Morgan fingerprint density at radius 3 is 2.00 bits per heavy atom. The zero-order valence-corrected chi connectivity index (χ0v) is 19.7. The molecule has 0 aromatic heterocycles. The Morgan fingerprint density at radius 2 is 1.40 bits per heavy atom. The van der Waals surface area contributed by atoms with Crippen molar-refractivity contribution in [2.45, 2.75) is 103 Å². The number of carbonyl (C=O) groups is 1. The van der Waals surface area contributed by atoms with E-state index in [4.69, 9.17) is 16.3 Å². The first-order valence-corrected chi connectivity index (χ1v) is 12.5. The van der Waals surface area contributed by atoms with Gasteiger partial charge in [-0.2, -0.15) is 0 Å². The lowest BCUT2D eigenvalue weighted by molar-refractivity contribution is -0.138. The van der Waals surface area contributed by atoms with Crippen LogP contribution in [0.3, 0.4) is 0 Å². The maximum atomic E-state index is 11.8. The van der Waals surface area contributed by atoms with Gasteiger partial charge in [-0.25, -0.2) is 0 Å². The van der Waals surface area contributed by atoms with Crippen LogP contribution in [0.4, 0.5) is 0 Å². The summed E-state index contributed by atoms with van der Waals surface area (Å²) >= 11 is 5.77. The Balaban J connectivity index is 1.90. The summed E-state index contributed by atoms with van der Waals surface area (Å²) in [6, 6.07) is 7.87. The fraction of sp³-hybridized carbons (Fsp3) is 0.593. The molecule has 2 nitrogen and oxygen atoms in total. The second kappa shape index (κ2) is 19.4. The maximum Gasteiger partial charge on any atom is 0.310 e. The van der Waals surface area contributed by atoms with E-state index in [1.807, 2.05) is 24.3 Å². The smallest absolute Gasteiger partial charge is 0.310 e. The van der Waals surface area contributed by atoms with E-state index in [0.29, 0.717) is 12.3 Å². The van der Waals surface area contributed by atoms with Gasteiger partial charge in [0.1, 0.15) is 0 Å². The van der Waals surface area contributed by atoms with E-state index in [-0.39, 0.29) is 5.97 Å². The van der Waals surface area contributed by atoms with E-state index < -0.39 is 0 Å². The molecule has 0 radical (unpaired) electrons. The van der Waals surface area contributed by atoms with E-state index in [1.165, 1.54) is 76.9 Å². The van der Waals surface area contributed by atoms with Crippen molar-refractivity contribution in [1.82, 2.24) is 0 Å². The second-order valence-corrected chi connectivity index (χ2v) is 8.27. The van der Waals surface area contributed by atoms with Crippen LogP contribution in [0.15, 0.2) is 42.7 Å². The van der Waals surface area contributed by atoms with Crippen LogP contribution in [-0.4, -0.2) is 5.97 Å². The molecule has 1 aromatic rings. The lowest BCUT2D eigenvalue weighted by Gasteiger charge is -2.01. The Kier molecular flexibility index (Phi) is 17.2. The summed E-state index contributed by atoms with van der Waals surface area (Å²) in [4.78, 5) is 11.8. The standard InChI is InChI=1S/C27H41ClO2/c1-2-3-4-5-6-7-8-9-10-11-12-13-14-15-16-17-27(29)30-23-22-25-18-20-26(24-28)21-19-25/h9-10,18-23H,2-8,11-17,24H2,1H3/b10-9-,23-22?. The van der Waals surface area contributed by atoms with Crippen LogP contribution in [0.5, 0.6) is 0 Å². The predicted molar refractivity (Wildman–Crippen MR) is 131 cm³/mol. The fourth-order valence-electron chi connectivity index (χ4n) is 3.31. The Labute approximate surface area is 189 Å². The number of unbranched alkanes of at least 4 members (excludes halogenated alkanes) is 11. The molecular weight excluding hydrogens is 392 g/mol. The monoisotopic (exact) mass is 432 g/mol. The Hall–Kier alpha value is -1.54. The van der Waals surface area contributed by atoms with Gasteiger partial charge >= 0.3 is 5.97 Å². The highest BCUT2D eigenvalue weighted by Gasteiger charge is 2.00. The fourth-order valence-corrected chi connectivity index (χ4v) is 3.48. The zero-order valence-electron chi connectivity index (χ0n) is 18.9. The number of hydrogen-bond acceptors (Lipinski definition) is 2. The number of ether oxygens (including phenoxy) is 1. The summed E-state index contributed by atoms with van der Waals surface area (Å²) in [7, 11) is 0. The molecule has 0 atom stereocenters. The molecule has 0 N–H and O–H groups in total. The summed E-state index contributed by atoms with van der Waals surface area (Å²) in [6.07, 6.45) is 24.8. The molecule has 30 heavy (non-hydrogen) atoms. The van der Waals surface area contributed by atoms with Gasteiger partial charge < -0.3 is 4.74 Å². The quantitative estimate of drug-likeness (QED) is 0.0760. The number of benzene rings is 1. The number of hydrogen-bond donors (Lipinski definition) is 0. The van der Waals surface area contributed by atoms with Gasteiger partial charge in [-0.1, -0.05) is 94.7 Å². The first-order valence-electron chi connectivity index (χ1n) is 11.9. The summed E-state index contributed by atoms with van der Waals surface area (Å²) < 4.78 is 5.17. The number of halogens is 1. The molecule has 0 aliphatic rings. The molecule has 1 aromatic carbocycles. The van der Waals surface area contributed by atoms with Crippen molar-refractivity contribution in [1.29, 1.82) is 0 Å². The summed E-state index contributed by atoms with van der Waals surface area (Å²) in [6.45, 7) is 2.26. The summed E-state index contributed by atoms with van der Waals surface area (Å²) in [5.41, 5.74) is 2.08. The van der Waals surface area contributed by atoms with Gasteiger partial charge in [0.2, 0.25) is 0 Å². The van der Waals surface area contributed by atoms with E-state index in [9.17, 15) is 4.79 Å². The predicted octanol–water partition coefficient (Wildman–Crippen LogP) is 8.98. The zero-order chi connectivity index (χ0) is 21.7. The Bertz CT molecular complexity index is 589. The summed E-state index contributed by atoms with van der Waals surface area (Å²) in [5, 5.41) is 0. The molecule has 0 saturated carbocycles. The van der Waals surface area contributed by atoms with Crippen LogP contribution < -0.4 is 0 Å². The van der Waals surface area contributed by atoms with E-state index in [0.717, 1.165) is 24.0 Å². The van der Waals surface area contributed by atoms with Crippen LogP contribution in [0.25, 0.3) is 6.08 Å². The van der Waals surface area contributed by atoms with Gasteiger partial charge in [0.25, 0.3) is 0 Å². The molecule has 0 aliphatic heterocycles. The highest BCUT2D eigenvalue weighted by atomic mass is 35.5. The molecule has 0 heterocycles. The first kappa shape index (κ1) is 26.5. The molecule has 0 spiro atoms. The van der Waals surface area contributed by atoms with Crippen molar-refractivity contribution >= 4 is 23.6 Å². The third-order valence-corrected chi connectivity index (χ3v) is 5.55. The lowest BCUT2D eigenvalue weighted by Crippen LogP contribution is -1.98. The number of alkyl halides is 1. The normalized spacial score (nSPS) is 11.5. The minimum Gasteiger partial charge on any atom is -0.434 e. The molecule has 168 valence electrons. The van der Waals surface area contributed by atoms with Gasteiger partial charge in [-0.15, -0.1) is 11.6 Å². The summed E-state index contributed by atoms with van der Waals surface area (Å²) in [5.74, 6) is 0.357. The minimum absolute atomic E-state index is 0.152. The third kappa shape index (κ3) is 15.3. The Morgan fingerprint density at radius 1 is 0.833 bits per heavy atom. The second-order valence-electron chi connectivity index (χ2n) is 8.00. The van der Waals surface area contributed by atoms with Gasteiger partial charge in [0.05, 0.1) is 6.26 Å². The number of allylic oxidation sites excluding steroid dienone is 2. The van der Waals surface area contributed by atoms with Gasteiger partial charge in [0, 0.05) is 12.3 Å². The van der Waals surface area contributed by atoms with Crippen molar-refractivity contribution in [3.63, 3.8) is 0 Å². The van der Waals surface area contributed by atoms with Crippen molar-refractivity contribution in [2.75, 3.05) is 0 Å². The van der Waals surface area contributed by atoms with Crippen LogP contribution in [0.2, 0.25) is 0 Å². The largest absolute Gasteiger partial charge is 0.434 e. The highest BCUT2D eigenvalue weighted by Crippen LogP contribution is 2.11. The van der Waals surface area contributed by atoms with Crippen molar-refractivity contribution < 1.29 is 9.53 Å². The molecule has 0 unspecified atom stereocenters. The molecular formula is C27H41ClO2. The number of carbonyl (C=O) groups excluding carboxylic acids is 1. The van der Waals surface area contributed by atoms with Gasteiger partial charge in [-0.3, -0.25) is 4.79 Å². The minimum atomic E-state index is -0.152. The average Bonchev–Trinajstić information content (AvgIpc) is 2.77. The maximum absolute atomic E-state index is 11.8. The van der Waals surface area contributed by atoms with E-state index in [2.05, 4.69) is 19.1 Å². The lowest BCUT2D eigenvalue weighted by atomic mass is 10.1.